The summed E-state index contributed by atoms with van der Waals surface area (Å²) in [7, 11) is 0. The molecule has 1 N–H and O–H groups in total. The first-order chi connectivity index (χ1) is 10.2. The molecule has 0 spiro atoms. The van der Waals surface area contributed by atoms with E-state index in [2.05, 4.69) is 81.6 Å². The molecule has 21 heavy (non-hydrogen) atoms. The van der Waals surface area contributed by atoms with Gasteiger partial charge >= 0.3 is 0 Å². The molecule has 1 aliphatic heterocycles. The molecule has 3 heteroatoms. The first kappa shape index (κ1) is 14.6. The van der Waals surface area contributed by atoms with Crippen molar-refractivity contribution in [3.8, 4) is 0 Å². The first-order valence-electron chi connectivity index (χ1n) is 7.50. The van der Waals surface area contributed by atoms with Gasteiger partial charge in [0, 0.05) is 35.8 Å². The average molecular weight is 345 g/mol. The largest absolute Gasteiger partial charge is 0.381 e. The molecule has 0 bridgehead atoms. The molecule has 1 aliphatic rings. The summed E-state index contributed by atoms with van der Waals surface area (Å²) >= 11 is 3.52. The van der Waals surface area contributed by atoms with Crippen LogP contribution < -0.4 is 5.32 Å². The van der Waals surface area contributed by atoms with Gasteiger partial charge in [-0.25, -0.2) is 0 Å². The summed E-state index contributed by atoms with van der Waals surface area (Å²) in [5.74, 6) is 0. The van der Waals surface area contributed by atoms with Crippen LogP contribution in [0.25, 0.3) is 0 Å². The number of rotatable bonds is 4. The van der Waals surface area contributed by atoms with Crippen LogP contribution in [-0.2, 0) is 6.54 Å². The van der Waals surface area contributed by atoms with E-state index in [0.29, 0.717) is 6.04 Å². The summed E-state index contributed by atoms with van der Waals surface area (Å²) in [6, 6.07) is 17.7. The van der Waals surface area contributed by atoms with E-state index in [4.69, 9.17) is 0 Å². The third-order valence-electron chi connectivity index (χ3n) is 4.07. The van der Waals surface area contributed by atoms with Crippen molar-refractivity contribution < 1.29 is 0 Å². The molecule has 0 saturated carbocycles. The van der Waals surface area contributed by atoms with Gasteiger partial charge in [0.1, 0.15) is 0 Å². The highest BCUT2D eigenvalue weighted by Gasteiger charge is 2.22. The molecule has 110 valence electrons. The molecule has 1 saturated heterocycles. The second-order valence-corrected chi connectivity index (χ2v) is 6.73. The third-order valence-corrected chi connectivity index (χ3v) is 4.56. The Morgan fingerprint density at radius 3 is 2.76 bits per heavy atom. The molecule has 2 aromatic rings. The van der Waals surface area contributed by atoms with Crippen LogP contribution in [0.2, 0.25) is 0 Å². The fourth-order valence-corrected chi connectivity index (χ4v) is 3.42. The Morgan fingerprint density at radius 2 is 2.00 bits per heavy atom. The summed E-state index contributed by atoms with van der Waals surface area (Å²) in [5, 5.41) is 3.69. The molecule has 1 atom stereocenters. The van der Waals surface area contributed by atoms with Gasteiger partial charge < -0.3 is 5.32 Å². The minimum Gasteiger partial charge on any atom is -0.381 e. The SMILES string of the molecule is Cc1cc(Br)ccc1NC1CCN(Cc2ccccc2)C1. The van der Waals surface area contributed by atoms with Crippen LogP contribution in [0, 0.1) is 6.92 Å². The van der Waals surface area contributed by atoms with Crippen LogP contribution in [0.5, 0.6) is 0 Å². The van der Waals surface area contributed by atoms with E-state index in [-0.39, 0.29) is 0 Å². The monoisotopic (exact) mass is 344 g/mol. The van der Waals surface area contributed by atoms with Crippen LogP contribution >= 0.6 is 15.9 Å². The Labute approximate surface area is 135 Å². The first-order valence-corrected chi connectivity index (χ1v) is 8.29. The van der Waals surface area contributed by atoms with E-state index in [9.17, 15) is 0 Å². The summed E-state index contributed by atoms with van der Waals surface area (Å²) in [5.41, 5.74) is 3.95. The van der Waals surface area contributed by atoms with Crippen molar-refractivity contribution >= 4 is 21.6 Å². The lowest BCUT2D eigenvalue weighted by molar-refractivity contribution is 0.328. The van der Waals surface area contributed by atoms with Gasteiger partial charge in [0.2, 0.25) is 0 Å². The lowest BCUT2D eigenvalue weighted by Gasteiger charge is -2.18. The number of aryl methyl sites for hydroxylation is 1. The van der Waals surface area contributed by atoms with Crippen LogP contribution in [0.1, 0.15) is 17.5 Å². The van der Waals surface area contributed by atoms with Gasteiger partial charge in [-0.15, -0.1) is 0 Å². The van der Waals surface area contributed by atoms with Crippen LogP contribution in [0.15, 0.2) is 53.0 Å². The Bertz CT molecular complexity index is 597. The van der Waals surface area contributed by atoms with E-state index in [1.165, 1.54) is 29.8 Å². The molecule has 2 aromatic carbocycles. The van der Waals surface area contributed by atoms with Crippen molar-refractivity contribution in [2.24, 2.45) is 0 Å². The van der Waals surface area contributed by atoms with E-state index in [1.807, 2.05) is 0 Å². The van der Waals surface area contributed by atoms with E-state index < -0.39 is 0 Å². The number of hydrogen-bond donors (Lipinski definition) is 1. The van der Waals surface area contributed by atoms with E-state index in [0.717, 1.165) is 17.6 Å². The number of nitrogens with zero attached hydrogens (tertiary/aromatic N) is 1. The van der Waals surface area contributed by atoms with Crippen molar-refractivity contribution in [1.29, 1.82) is 0 Å². The minimum absolute atomic E-state index is 0.550. The topological polar surface area (TPSA) is 15.3 Å². The highest BCUT2D eigenvalue weighted by atomic mass is 79.9. The molecule has 3 rings (SSSR count). The van der Waals surface area contributed by atoms with Gasteiger partial charge in [0.15, 0.2) is 0 Å². The Morgan fingerprint density at radius 1 is 1.19 bits per heavy atom. The number of halogens is 1. The highest BCUT2D eigenvalue weighted by Crippen LogP contribution is 2.23. The lowest BCUT2D eigenvalue weighted by Crippen LogP contribution is -2.26. The predicted octanol–water partition coefficient (Wildman–Crippen LogP) is 4.44. The van der Waals surface area contributed by atoms with Crippen LogP contribution in [-0.4, -0.2) is 24.0 Å². The Kier molecular flexibility index (Phi) is 4.61. The molecule has 1 fully saturated rings. The summed E-state index contributed by atoms with van der Waals surface area (Å²) < 4.78 is 1.14. The summed E-state index contributed by atoms with van der Waals surface area (Å²) in [6.07, 6.45) is 1.21. The van der Waals surface area contributed by atoms with Crippen LogP contribution in [0.4, 0.5) is 5.69 Å². The zero-order valence-corrected chi connectivity index (χ0v) is 13.9. The van der Waals surface area contributed by atoms with Crippen LogP contribution in [0.3, 0.4) is 0 Å². The van der Waals surface area contributed by atoms with Crippen molar-refractivity contribution in [3.05, 3.63) is 64.1 Å². The predicted molar refractivity (Wildman–Crippen MR) is 92.6 cm³/mol. The average Bonchev–Trinajstić information content (AvgIpc) is 2.90. The second-order valence-electron chi connectivity index (χ2n) is 5.81. The maximum absolute atomic E-state index is 3.69. The normalized spacial score (nSPS) is 18.9. The smallest absolute Gasteiger partial charge is 0.0400 e. The van der Waals surface area contributed by atoms with Gasteiger partial charge in [-0.2, -0.15) is 0 Å². The maximum atomic E-state index is 3.69. The second kappa shape index (κ2) is 6.63. The zero-order chi connectivity index (χ0) is 14.7. The lowest BCUT2D eigenvalue weighted by atomic mass is 10.1. The van der Waals surface area contributed by atoms with Crippen molar-refractivity contribution in [3.63, 3.8) is 0 Å². The summed E-state index contributed by atoms with van der Waals surface area (Å²) in [4.78, 5) is 2.53. The maximum Gasteiger partial charge on any atom is 0.0400 e. The van der Waals surface area contributed by atoms with Gasteiger partial charge in [-0.05, 0) is 42.7 Å². The van der Waals surface area contributed by atoms with Gasteiger partial charge in [-0.3, -0.25) is 4.90 Å². The molecule has 0 radical (unpaired) electrons. The molecule has 0 aromatic heterocycles. The number of nitrogens with one attached hydrogen (secondary N) is 1. The quantitative estimate of drug-likeness (QED) is 0.881. The molecule has 0 aliphatic carbocycles. The fraction of sp³-hybridized carbons (Fsp3) is 0.333. The minimum atomic E-state index is 0.550. The van der Waals surface area contributed by atoms with E-state index in [1.54, 1.807) is 0 Å². The number of benzene rings is 2. The van der Waals surface area contributed by atoms with Gasteiger partial charge in [0.05, 0.1) is 0 Å². The molecular weight excluding hydrogens is 324 g/mol. The summed E-state index contributed by atoms with van der Waals surface area (Å²) in [6.45, 7) is 5.49. The van der Waals surface area contributed by atoms with Crippen molar-refractivity contribution in [2.45, 2.75) is 25.9 Å². The van der Waals surface area contributed by atoms with E-state index >= 15 is 0 Å². The molecule has 0 amide bonds. The highest BCUT2D eigenvalue weighted by molar-refractivity contribution is 9.10. The number of hydrogen-bond acceptors (Lipinski definition) is 2. The number of anilines is 1. The number of likely N-dealkylation sites (tertiary alicyclic amines) is 1. The van der Waals surface area contributed by atoms with Gasteiger partial charge in [-0.1, -0.05) is 46.3 Å². The fourth-order valence-electron chi connectivity index (χ4n) is 2.94. The van der Waals surface area contributed by atoms with Crippen molar-refractivity contribution in [2.75, 3.05) is 18.4 Å². The molecular formula is C18H21BrN2. The standard InChI is InChI=1S/C18H21BrN2/c1-14-11-16(19)7-8-18(14)20-17-9-10-21(13-17)12-15-5-3-2-4-6-15/h2-8,11,17,20H,9-10,12-13H2,1H3. The van der Waals surface area contributed by atoms with Crippen molar-refractivity contribution in [1.82, 2.24) is 4.90 Å². The van der Waals surface area contributed by atoms with Gasteiger partial charge in [0.25, 0.3) is 0 Å². The molecule has 1 unspecified atom stereocenters. The molecule has 1 heterocycles. The Hall–Kier alpha value is -1.32. The molecule has 2 nitrogen and oxygen atoms in total. The third kappa shape index (κ3) is 3.86. The Balaban J connectivity index is 1.57. The zero-order valence-electron chi connectivity index (χ0n) is 12.3.